The average Bonchev–Trinajstić information content (AvgIpc) is 3.05. The number of rotatable bonds is 5. The Morgan fingerprint density at radius 3 is 3.05 bits per heavy atom. The largest absolute Gasteiger partial charge is 0.322 e. The van der Waals surface area contributed by atoms with Gasteiger partial charge in [-0.3, -0.25) is 4.98 Å². The lowest BCUT2D eigenvalue weighted by molar-refractivity contribution is 0.593. The molecule has 3 aromatic heterocycles. The second kappa shape index (κ2) is 5.64. The summed E-state index contributed by atoms with van der Waals surface area (Å²) >= 11 is 1.50. The van der Waals surface area contributed by atoms with Crippen molar-refractivity contribution in [3.8, 4) is 11.4 Å². The van der Waals surface area contributed by atoms with E-state index in [-0.39, 0.29) is 6.04 Å². The molecule has 3 heterocycles. The van der Waals surface area contributed by atoms with E-state index in [9.17, 15) is 0 Å². The van der Waals surface area contributed by atoms with Gasteiger partial charge < -0.3 is 5.73 Å². The maximum absolute atomic E-state index is 6.17. The van der Waals surface area contributed by atoms with Gasteiger partial charge in [-0.1, -0.05) is 31.1 Å². The number of hydrogen-bond donors (Lipinski definition) is 1. The Morgan fingerprint density at radius 2 is 2.30 bits per heavy atom. The first-order valence-electron chi connectivity index (χ1n) is 6.67. The van der Waals surface area contributed by atoms with Gasteiger partial charge in [-0.15, -0.1) is 10.2 Å². The molecular formula is C13H16N6S. The second-order valence-electron chi connectivity index (χ2n) is 4.65. The van der Waals surface area contributed by atoms with Crippen molar-refractivity contribution in [2.75, 3.05) is 0 Å². The molecule has 0 amide bonds. The van der Waals surface area contributed by atoms with Crippen LogP contribution in [-0.2, 0) is 0 Å². The number of nitrogens with two attached hydrogens (primary N) is 1. The first-order valence-corrected chi connectivity index (χ1v) is 7.49. The monoisotopic (exact) mass is 288 g/mol. The Kier molecular flexibility index (Phi) is 3.70. The smallest absolute Gasteiger partial charge is 0.235 e. The SMILES string of the molecule is CCCCC(N)c1nn2c(-c3cccnc3)nnc2s1. The van der Waals surface area contributed by atoms with Crippen LogP contribution in [0.5, 0.6) is 0 Å². The van der Waals surface area contributed by atoms with Crippen molar-refractivity contribution in [2.45, 2.75) is 32.2 Å². The van der Waals surface area contributed by atoms with E-state index in [4.69, 9.17) is 5.73 Å². The van der Waals surface area contributed by atoms with Crippen LogP contribution in [0.3, 0.4) is 0 Å². The van der Waals surface area contributed by atoms with Crippen LogP contribution in [0.1, 0.15) is 37.2 Å². The number of aromatic nitrogens is 5. The lowest BCUT2D eigenvalue weighted by atomic mass is 10.1. The van der Waals surface area contributed by atoms with Crippen LogP contribution >= 0.6 is 11.3 Å². The van der Waals surface area contributed by atoms with Gasteiger partial charge in [0.25, 0.3) is 0 Å². The molecule has 0 aliphatic carbocycles. The standard InChI is InChI=1S/C13H16N6S/c1-2-3-6-10(14)12-18-19-11(16-17-13(19)20-12)9-5-4-7-15-8-9/h4-5,7-8,10H,2-3,6,14H2,1H3. The summed E-state index contributed by atoms with van der Waals surface area (Å²) in [4.78, 5) is 4.87. The molecule has 3 rings (SSSR count). The van der Waals surface area contributed by atoms with E-state index in [1.807, 2.05) is 12.1 Å². The molecule has 1 unspecified atom stereocenters. The summed E-state index contributed by atoms with van der Waals surface area (Å²) in [5, 5.41) is 13.8. The van der Waals surface area contributed by atoms with E-state index in [2.05, 4.69) is 27.2 Å². The topological polar surface area (TPSA) is 82.0 Å². The van der Waals surface area contributed by atoms with Crippen molar-refractivity contribution in [2.24, 2.45) is 5.73 Å². The summed E-state index contributed by atoms with van der Waals surface area (Å²) in [6.45, 7) is 2.16. The van der Waals surface area contributed by atoms with Gasteiger partial charge in [0.15, 0.2) is 5.82 Å². The normalized spacial score (nSPS) is 12.9. The molecule has 0 radical (unpaired) electrons. The predicted molar refractivity (Wildman–Crippen MR) is 78.3 cm³/mol. The van der Waals surface area contributed by atoms with Crippen LogP contribution in [0.4, 0.5) is 0 Å². The van der Waals surface area contributed by atoms with Crippen LogP contribution in [0, 0.1) is 0 Å². The summed E-state index contributed by atoms with van der Waals surface area (Å²) in [6.07, 6.45) is 6.68. The molecule has 0 bridgehead atoms. The van der Waals surface area contributed by atoms with Gasteiger partial charge in [0.2, 0.25) is 4.96 Å². The molecule has 0 aliphatic heterocycles. The summed E-state index contributed by atoms with van der Waals surface area (Å²) in [7, 11) is 0. The molecule has 7 heteroatoms. The number of hydrogen-bond acceptors (Lipinski definition) is 6. The molecular weight excluding hydrogens is 272 g/mol. The minimum absolute atomic E-state index is 0.0246. The summed E-state index contributed by atoms with van der Waals surface area (Å²) in [5.74, 6) is 0.707. The third-order valence-electron chi connectivity index (χ3n) is 3.11. The van der Waals surface area contributed by atoms with Crippen molar-refractivity contribution < 1.29 is 0 Å². The molecule has 0 spiro atoms. The zero-order chi connectivity index (χ0) is 13.9. The highest BCUT2D eigenvalue weighted by molar-refractivity contribution is 7.16. The molecule has 6 nitrogen and oxygen atoms in total. The van der Waals surface area contributed by atoms with Gasteiger partial charge in [-0.05, 0) is 18.6 Å². The van der Waals surface area contributed by atoms with Gasteiger partial charge in [0.05, 0.1) is 6.04 Å². The van der Waals surface area contributed by atoms with E-state index in [0.29, 0.717) is 5.82 Å². The summed E-state index contributed by atoms with van der Waals surface area (Å²) in [6, 6.07) is 3.79. The van der Waals surface area contributed by atoms with Crippen molar-refractivity contribution in [1.82, 2.24) is 24.8 Å². The number of unbranched alkanes of at least 4 members (excludes halogenated alkanes) is 1. The Morgan fingerprint density at radius 1 is 1.40 bits per heavy atom. The summed E-state index contributed by atoms with van der Waals surface area (Å²) in [5.41, 5.74) is 7.07. The minimum Gasteiger partial charge on any atom is -0.322 e. The molecule has 1 atom stereocenters. The third-order valence-corrected chi connectivity index (χ3v) is 4.14. The van der Waals surface area contributed by atoms with E-state index in [1.54, 1.807) is 16.9 Å². The fourth-order valence-corrected chi connectivity index (χ4v) is 2.88. The lowest BCUT2D eigenvalue weighted by Crippen LogP contribution is -2.10. The van der Waals surface area contributed by atoms with E-state index in [1.165, 1.54) is 11.3 Å². The van der Waals surface area contributed by atoms with Gasteiger partial charge >= 0.3 is 0 Å². The molecule has 0 fully saturated rings. The molecule has 0 saturated carbocycles. The van der Waals surface area contributed by atoms with Crippen molar-refractivity contribution in [3.05, 3.63) is 29.5 Å². The average molecular weight is 288 g/mol. The fraction of sp³-hybridized carbons (Fsp3) is 0.385. The zero-order valence-corrected chi connectivity index (χ0v) is 12.0. The van der Waals surface area contributed by atoms with Crippen molar-refractivity contribution in [1.29, 1.82) is 0 Å². The van der Waals surface area contributed by atoms with E-state index in [0.717, 1.165) is 34.8 Å². The molecule has 104 valence electrons. The van der Waals surface area contributed by atoms with Crippen molar-refractivity contribution in [3.63, 3.8) is 0 Å². The number of nitrogens with zero attached hydrogens (tertiary/aromatic N) is 5. The highest BCUT2D eigenvalue weighted by Crippen LogP contribution is 2.25. The highest BCUT2D eigenvalue weighted by Gasteiger charge is 2.17. The zero-order valence-electron chi connectivity index (χ0n) is 11.2. The van der Waals surface area contributed by atoms with Crippen LogP contribution < -0.4 is 5.73 Å². The third kappa shape index (κ3) is 2.41. The molecule has 0 aromatic carbocycles. The van der Waals surface area contributed by atoms with E-state index >= 15 is 0 Å². The van der Waals surface area contributed by atoms with Gasteiger partial charge in [-0.25, -0.2) is 0 Å². The predicted octanol–water partition coefficient (Wildman–Crippen LogP) is 2.44. The molecule has 20 heavy (non-hydrogen) atoms. The maximum Gasteiger partial charge on any atom is 0.235 e. The molecule has 0 aliphatic rings. The van der Waals surface area contributed by atoms with Crippen LogP contribution in [0.15, 0.2) is 24.5 Å². The maximum atomic E-state index is 6.17. The van der Waals surface area contributed by atoms with Crippen LogP contribution in [0.2, 0.25) is 0 Å². The van der Waals surface area contributed by atoms with E-state index < -0.39 is 0 Å². The Bertz CT molecular complexity index is 689. The number of pyridine rings is 1. The van der Waals surface area contributed by atoms with Gasteiger partial charge in [0, 0.05) is 18.0 Å². The fourth-order valence-electron chi connectivity index (χ4n) is 2.00. The van der Waals surface area contributed by atoms with Gasteiger partial charge in [-0.2, -0.15) is 9.61 Å². The van der Waals surface area contributed by atoms with Gasteiger partial charge in [0.1, 0.15) is 5.01 Å². The Hall–Kier alpha value is -1.86. The number of fused-ring (bicyclic) bond motifs is 1. The Labute approximate surface area is 120 Å². The van der Waals surface area contributed by atoms with Crippen LogP contribution in [0.25, 0.3) is 16.3 Å². The molecule has 2 N–H and O–H groups in total. The summed E-state index contributed by atoms with van der Waals surface area (Å²) < 4.78 is 1.75. The Balaban J connectivity index is 1.95. The highest BCUT2D eigenvalue weighted by atomic mass is 32.1. The van der Waals surface area contributed by atoms with Crippen LogP contribution in [-0.4, -0.2) is 24.8 Å². The first kappa shape index (κ1) is 13.1. The second-order valence-corrected chi connectivity index (χ2v) is 5.64. The van der Waals surface area contributed by atoms with Crippen molar-refractivity contribution >= 4 is 16.3 Å². The quantitative estimate of drug-likeness (QED) is 0.779. The lowest BCUT2D eigenvalue weighted by Gasteiger charge is -2.05. The first-order chi connectivity index (χ1) is 9.79. The minimum atomic E-state index is -0.0246. The molecule has 3 aromatic rings. The molecule has 0 saturated heterocycles.